The molecule has 0 aromatic carbocycles. The van der Waals surface area contributed by atoms with Gasteiger partial charge in [-0.15, -0.1) is 0 Å². The molecule has 0 spiro atoms. The minimum absolute atomic E-state index is 0.473. The first-order valence-corrected chi connectivity index (χ1v) is 7.68. The maximum Gasteiger partial charge on any atom is 0.120 e. The van der Waals surface area contributed by atoms with Crippen LogP contribution < -0.4 is 5.32 Å². The van der Waals surface area contributed by atoms with Crippen molar-refractivity contribution in [1.82, 2.24) is 10.2 Å². The number of aryl methyl sites for hydroxylation is 1. The molecule has 4 nitrogen and oxygen atoms in total. The molecule has 0 saturated heterocycles. The molecule has 0 bridgehead atoms. The van der Waals surface area contributed by atoms with Crippen LogP contribution in [0.1, 0.15) is 44.8 Å². The van der Waals surface area contributed by atoms with E-state index in [1.807, 2.05) is 6.92 Å². The molecule has 0 atom stereocenters. The Bertz CT molecular complexity index is 375. The molecule has 116 valence electrons. The van der Waals surface area contributed by atoms with Gasteiger partial charge in [0.15, 0.2) is 0 Å². The Labute approximate surface area is 123 Å². The van der Waals surface area contributed by atoms with E-state index in [2.05, 4.69) is 44.0 Å². The zero-order valence-corrected chi connectivity index (χ0v) is 13.7. The lowest BCUT2D eigenvalue weighted by Crippen LogP contribution is -2.26. The van der Waals surface area contributed by atoms with E-state index >= 15 is 0 Å². The maximum absolute atomic E-state index is 5.96. The van der Waals surface area contributed by atoms with Crippen LogP contribution in [0.4, 0.5) is 0 Å². The van der Waals surface area contributed by atoms with E-state index in [0.717, 1.165) is 50.9 Å². The van der Waals surface area contributed by atoms with Crippen LogP contribution in [0.2, 0.25) is 0 Å². The Morgan fingerprint density at radius 1 is 1.35 bits per heavy atom. The number of nitrogens with one attached hydrogen (secondary N) is 1. The van der Waals surface area contributed by atoms with Gasteiger partial charge in [-0.05, 0) is 32.0 Å². The van der Waals surface area contributed by atoms with Crippen molar-refractivity contribution in [2.75, 3.05) is 26.3 Å². The van der Waals surface area contributed by atoms with Gasteiger partial charge in [-0.2, -0.15) is 0 Å². The molecule has 1 aromatic heterocycles. The molecule has 0 aliphatic carbocycles. The zero-order valence-electron chi connectivity index (χ0n) is 13.7. The average molecular weight is 282 g/mol. The van der Waals surface area contributed by atoms with Crippen molar-refractivity contribution in [3.05, 3.63) is 23.2 Å². The van der Waals surface area contributed by atoms with Crippen molar-refractivity contribution >= 4 is 0 Å². The van der Waals surface area contributed by atoms with Gasteiger partial charge < -0.3 is 14.5 Å². The van der Waals surface area contributed by atoms with Gasteiger partial charge in [-0.1, -0.05) is 20.8 Å². The van der Waals surface area contributed by atoms with Gasteiger partial charge in [0.05, 0.1) is 19.7 Å². The van der Waals surface area contributed by atoms with E-state index in [1.165, 1.54) is 5.56 Å². The highest BCUT2D eigenvalue weighted by atomic mass is 16.5. The highest BCUT2D eigenvalue weighted by Crippen LogP contribution is 2.16. The van der Waals surface area contributed by atoms with Crippen LogP contribution in [-0.4, -0.2) is 37.2 Å². The molecule has 0 aliphatic rings. The van der Waals surface area contributed by atoms with E-state index in [9.17, 15) is 0 Å². The summed E-state index contributed by atoms with van der Waals surface area (Å²) in [5.74, 6) is 2.09. The Hall–Kier alpha value is -0.840. The third kappa shape index (κ3) is 6.07. The van der Waals surface area contributed by atoms with Crippen molar-refractivity contribution in [3.8, 4) is 0 Å². The van der Waals surface area contributed by atoms with E-state index in [-0.39, 0.29) is 0 Å². The minimum atomic E-state index is 0.473. The Morgan fingerprint density at radius 2 is 2.10 bits per heavy atom. The molecule has 0 radical (unpaired) electrons. The topological polar surface area (TPSA) is 37.6 Å². The number of furan rings is 1. The summed E-state index contributed by atoms with van der Waals surface area (Å²) in [6.45, 7) is 15.8. The molecular weight excluding hydrogens is 252 g/mol. The van der Waals surface area contributed by atoms with Gasteiger partial charge in [0.2, 0.25) is 0 Å². The summed E-state index contributed by atoms with van der Waals surface area (Å²) in [6.07, 6.45) is 0. The summed E-state index contributed by atoms with van der Waals surface area (Å²) in [6, 6.07) is 2.63. The molecule has 1 aromatic rings. The van der Waals surface area contributed by atoms with Gasteiger partial charge in [0, 0.05) is 19.2 Å². The monoisotopic (exact) mass is 282 g/mol. The van der Waals surface area contributed by atoms with Crippen molar-refractivity contribution in [3.63, 3.8) is 0 Å². The summed E-state index contributed by atoms with van der Waals surface area (Å²) in [5.41, 5.74) is 1.23. The molecule has 0 unspecified atom stereocenters. The third-order valence-electron chi connectivity index (χ3n) is 3.33. The lowest BCUT2D eigenvalue weighted by molar-refractivity contribution is 0.110. The summed E-state index contributed by atoms with van der Waals surface area (Å²) in [4.78, 5) is 2.34. The zero-order chi connectivity index (χ0) is 15.0. The predicted molar refractivity (Wildman–Crippen MR) is 82.9 cm³/mol. The van der Waals surface area contributed by atoms with Crippen LogP contribution in [0.15, 0.2) is 10.5 Å². The fourth-order valence-corrected chi connectivity index (χ4v) is 2.05. The maximum atomic E-state index is 5.96. The highest BCUT2D eigenvalue weighted by Gasteiger charge is 2.11. The summed E-state index contributed by atoms with van der Waals surface area (Å²) in [7, 11) is 0. The normalized spacial score (nSPS) is 11.8. The second kappa shape index (κ2) is 9.16. The molecule has 1 rings (SSSR count). The van der Waals surface area contributed by atoms with Gasteiger partial charge in [0.1, 0.15) is 11.5 Å². The van der Waals surface area contributed by atoms with Crippen LogP contribution >= 0.6 is 0 Å². The second-order valence-electron chi connectivity index (χ2n) is 5.42. The fourth-order valence-electron chi connectivity index (χ4n) is 2.05. The number of hydrogen-bond acceptors (Lipinski definition) is 4. The standard InChI is InChI=1S/C16H30N2O2/c1-6-18(8-9-19-7-2)12-15-10-14(5)16(20-15)11-17-13(3)4/h10,13,17H,6-9,11-12H2,1-5H3. The Kier molecular flexibility index (Phi) is 7.88. The van der Waals surface area contributed by atoms with Gasteiger partial charge in [0.25, 0.3) is 0 Å². The average Bonchev–Trinajstić information content (AvgIpc) is 2.75. The number of hydrogen-bond donors (Lipinski definition) is 1. The van der Waals surface area contributed by atoms with Crippen molar-refractivity contribution in [1.29, 1.82) is 0 Å². The number of nitrogens with zero attached hydrogens (tertiary/aromatic N) is 1. The van der Waals surface area contributed by atoms with E-state index in [1.54, 1.807) is 0 Å². The van der Waals surface area contributed by atoms with Crippen LogP contribution in [0, 0.1) is 6.92 Å². The SMILES string of the molecule is CCOCCN(CC)Cc1cc(C)c(CNC(C)C)o1. The van der Waals surface area contributed by atoms with E-state index < -0.39 is 0 Å². The minimum Gasteiger partial charge on any atom is -0.463 e. The third-order valence-corrected chi connectivity index (χ3v) is 3.33. The van der Waals surface area contributed by atoms with Crippen LogP contribution in [0.5, 0.6) is 0 Å². The van der Waals surface area contributed by atoms with Gasteiger partial charge >= 0.3 is 0 Å². The predicted octanol–water partition coefficient (Wildman–Crippen LogP) is 2.94. The number of ether oxygens (including phenoxy) is 1. The molecule has 0 fully saturated rings. The van der Waals surface area contributed by atoms with E-state index in [4.69, 9.17) is 9.15 Å². The summed E-state index contributed by atoms with van der Waals surface area (Å²) in [5, 5.41) is 3.40. The smallest absolute Gasteiger partial charge is 0.120 e. The van der Waals surface area contributed by atoms with Crippen molar-refractivity contribution in [2.24, 2.45) is 0 Å². The van der Waals surface area contributed by atoms with Crippen LogP contribution in [0.25, 0.3) is 0 Å². The molecule has 0 amide bonds. The largest absolute Gasteiger partial charge is 0.463 e. The van der Waals surface area contributed by atoms with Gasteiger partial charge in [-0.25, -0.2) is 0 Å². The van der Waals surface area contributed by atoms with Crippen molar-refractivity contribution < 1.29 is 9.15 Å². The first-order valence-electron chi connectivity index (χ1n) is 7.68. The summed E-state index contributed by atoms with van der Waals surface area (Å²) < 4.78 is 11.4. The fraction of sp³-hybridized carbons (Fsp3) is 0.750. The van der Waals surface area contributed by atoms with Crippen LogP contribution in [0.3, 0.4) is 0 Å². The van der Waals surface area contributed by atoms with Crippen molar-refractivity contribution in [2.45, 2.75) is 53.8 Å². The molecule has 1 heterocycles. The van der Waals surface area contributed by atoms with Crippen LogP contribution in [-0.2, 0) is 17.8 Å². The quantitative estimate of drug-likeness (QED) is 0.670. The lowest BCUT2D eigenvalue weighted by Gasteiger charge is -2.18. The first-order chi connectivity index (χ1) is 9.56. The number of rotatable bonds is 10. The first kappa shape index (κ1) is 17.2. The Balaban J connectivity index is 2.51. The lowest BCUT2D eigenvalue weighted by atomic mass is 10.2. The summed E-state index contributed by atoms with van der Waals surface area (Å²) >= 11 is 0. The molecule has 4 heteroatoms. The van der Waals surface area contributed by atoms with E-state index in [0.29, 0.717) is 6.04 Å². The second-order valence-corrected chi connectivity index (χ2v) is 5.42. The molecular formula is C16H30N2O2. The highest BCUT2D eigenvalue weighted by molar-refractivity contribution is 5.20. The molecule has 0 saturated carbocycles. The number of likely N-dealkylation sites (N-methyl/N-ethyl adjacent to an activating group) is 1. The Morgan fingerprint density at radius 3 is 2.70 bits per heavy atom. The molecule has 20 heavy (non-hydrogen) atoms. The molecule has 0 aliphatic heterocycles. The molecule has 1 N–H and O–H groups in total. The van der Waals surface area contributed by atoms with Gasteiger partial charge in [-0.3, -0.25) is 4.90 Å².